The maximum atomic E-state index is 12.6. The highest BCUT2D eigenvalue weighted by atomic mass is 127. The Bertz CT molecular complexity index is 852. The monoisotopic (exact) mass is 436 g/mol. The molecule has 1 aliphatic rings. The van der Waals surface area contributed by atoms with Gasteiger partial charge in [-0.05, 0) is 64.9 Å². The summed E-state index contributed by atoms with van der Waals surface area (Å²) in [5.41, 5.74) is 1.34. The van der Waals surface area contributed by atoms with Gasteiger partial charge in [0, 0.05) is 0 Å². The number of furan rings is 1. The van der Waals surface area contributed by atoms with Gasteiger partial charge in [0.25, 0.3) is 11.8 Å². The molecule has 2 heterocycles. The fraction of sp³-hybridized carbons (Fsp3) is 0.118. The fourth-order valence-corrected chi connectivity index (χ4v) is 2.75. The molecule has 122 valence electrons. The Morgan fingerprint density at radius 2 is 1.83 bits per heavy atom. The molecule has 0 spiro atoms. The lowest BCUT2D eigenvalue weighted by Crippen LogP contribution is -2.54. The number of carbonyl (C=O) groups excluding carboxylic acids is 3. The number of rotatable bonds is 3. The first kappa shape index (κ1) is 16.4. The molecule has 2 aromatic rings. The number of carbonyl (C=O) groups is 3. The quantitative estimate of drug-likeness (QED) is 0.456. The number of hydrogen-bond acceptors (Lipinski definition) is 4. The summed E-state index contributed by atoms with van der Waals surface area (Å²) in [4.78, 5) is 37.7. The van der Waals surface area contributed by atoms with Gasteiger partial charge in [-0.1, -0.05) is 19.1 Å². The van der Waals surface area contributed by atoms with Gasteiger partial charge in [0.15, 0.2) is 3.77 Å². The molecule has 1 aromatic carbocycles. The van der Waals surface area contributed by atoms with Crippen LogP contribution < -0.4 is 10.2 Å². The van der Waals surface area contributed by atoms with E-state index in [0.29, 0.717) is 15.2 Å². The number of hydrogen-bond donors (Lipinski definition) is 1. The zero-order valence-electron chi connectivity index (χ0n) is 12.7. The summed E-state index contributed by atoms with van der Waals surface area (Å²) in [6.07, 6.45) is 2.18. The van der Waals surface area contributed by atoms with Gasteiger partial charge in [-0.2, -0.15) is 0 Å². The molecular weight excluding hydrogens is 423 g/mol. The number of amides is 4. The van der Waals surface area contributed by atoms with Gasteiger partial charge in [-0.25, -0.2) is 9.69 Å². The topological polar surface area (TPSA) is 79.6 Å². The van der Waals surface area contributed by atoms with E-state index in [1.165, 1.54) is 6.08 Å². The minimum absolute atomic E-state index is 0.153. The maximum absolute atomic E-state index is 12.6. The van der Waals surface area contributed by atoms with Crippen LogP contribution in [0.2, 0.25) is 0 Å². The summed E-state index contributed by atoms with van der Waals surface area (Å²) in [6.45, 7) is 2.01. The van der Waals surface area contributed by atoms with Crippen LogP contribution in [0.1, 0.15) is 18.2 Å². The second kappa shape index (κ2) is 6.60. The molecule has 0 aliphatic carbocycles. The Morgan fingerprint density at radius 1 is 1.12 bits per heavy atom. The van der Waals surface area contributed by atoms with E-state index >= 15 is 0 Å². The van der Waals surface area contributed by atoms with E-state index in [2.05, 4.69) is 5.32 Å². The summed E-state index contributed by atoms with van der Waals surface area (Å²) in [6, 6.07) is 9.63. The highest BCUT2D eigenvalue weighted by Crippen LogP contribution is 2.23. The molecule has 3 rings (SSSR count). The van der Waals surface area contributed by atoms with Gasteiger partial charge in [0.2, 0.25) is 0 Å². The summed E-state index contributed by atoms with van der Waals surface area (Å²) in [5, 5.41) is 2.18. The first-order valence-electron chi connectivity index (χ1n) is 7.25. The molecular formula is C17H13IN2O4. The number of imide groups is 2. The van der Waals surface area contributed by atoms with Crippen molar-refractivity contribution in [2.24, 2.45) is 0 Å². The molecule has 4 amide bonds. The van der Waals surface area contributed by atoms with Crippen molar-refractivity contribution in [3.8, 4) is 0 Å². The van der Waals surface area contributed by atoms with E-state index < -0.39 is 17.8 Å². The molecule has 6 nitrogen and oxygen atoms in total. The fourth-order valence-electron chi connectivity index (χ4n) is 2.32. The third-order valence-corrected chi connectivity index (χ3v) is 4.16. The zero-order valence-corrected chi connectivity index (χ0v) is 14.9. The summed E-state index contributed by atoms with van der Waals surface area (Å²) in [5.74, 6) is -1.05. The maximum Gasteiger partial charge on any atom is 0.335 e. The minimum atomic E-state index is -0.763. The van der Waals surface area contributed by atoms with Crippen molar-refractivity contribution in [1.82, 2.24) is 5.32 Å². The number of halogens is 1. The lowest BCUT2D eigenvalue weighted by molar-refractivity contribution is -0.122. The molecule has 7 heteroatoms. The third-order valence-electron chi connectivity index (χ3n) is 3.59. The van der Waals surface area contributed by atoms with E-state index in [1.54, 1.807) is 24.3 Å². The van der Waals surface area contributed by atoms with Crippen molar-refractivity contribution < 1.29 is 18.8 Å². The Hall–Kier alpha value is -2.42. The summed E-state index contributed by atoms with van der Waals surface area (Å²) < 4.78 is 5.99. The van der Waals surface area contributed by atoms with E-state index in [9.17, 15) is 14.4 Å². The van der Waals surface area contributed by atoms with Crippen molar-refractivity contribution in [3.05, 3.63) is 57.1 Å². The van der Waals surface area contributed by atoms with Gasteiger partial charge in [-0.15, -0.1) is 0 Å². The standard InChI is InChI=1S/C17H13IN2O4/c1-2-10-3-5-11(6-4-10)20-16(22)13(15(21)19-17(20)23)9-12-7-8-14(18)24-12/h3-9H,2H2,1H3,(H,19,21,23). The van der Waals surface area contributed by atoms with E-state index in [1.807, 2.05) is 41.6 Å². The Labute approximate surface area is 151 Å². The molecule has 0 atom stereocenters. The number of nitrogens with one attached hydrogen (secondary N) is 1. The molecule has 1 N–H and O–H groups in total. The van der Waals surface area contributed by atoms with Crippen LogP contribution in [0.15, 0.2) is 46.4 Å². The van der Waals surface area contributed by atoms with Crippen molar-refractivity contribution >= 4 is 52.2 Å². The predicted molar refractivity (Wildman–Crippen MR) is 96.2 cm³/mol. The third kappa shape index (κ3) is 3.12. The number of anilines is 1. The molecule has 0 radical (unpaired) electrons. The molecule has 1 fully saturated rings. The first-order valence-corrected chi connectivity index (χ1v) is 8.33. The Morgan fingerprint density at radius 3 is 2.42 bits per heavy atom. The van der Waals surface area contributed by atoms with Gasteiger partial charge >= 0.3 is 6.03 Å². The Kier molecular flexibility index (Phi) is 4.52. The van der Waals surface area contributed by atoms with Gasteiger partial charge in [0.05, 0.1) is 5.69 Å². The van der Waals surface area contributed by atoms with Crippen LogP contribution in [-0.4, -0.2) is 17.8 Å². The lowest BCUT2D eigenvalue weighted by atomic mass is 10.1. The van der Waals surface area contributed by atoms with Crippen molar-refractivity contribution in [2.45, 2.75) is 13.3 Å². The highest BCUT2D eigenvalue weighted by Gasteiger charge is 2.36. The van der Waals surface area contributed by atoms with Crippen LogP contribution in [0.25, 0.3) is 6.08 Å². The van der Waals surface area contributed by atoms with Crippen LogP contribution in [0.3, 0.4) is 0 Å². The van der Waals surface area contributed by atoms with Gasteiger partial charge in [0.1, 0.15) is 11.3 Å². The van der Waals surface area contributed by atoms with Crippen LogP contribution in [0.5, 0.6) is 0 Å². The SMILES string of the molecule is CCc1ccc(N2C(=O)NC(=O)C(=Cc3ccc(I)o3)C2=O)cc1. The van der Waals surface area contributed by atoms with Crippen molar-refractivity contribution in [1.29, 1.82) is 0 Å². The van der Waals surface area contributed by atoms with E-state index in [4.69, 9.17) is 4.42 Å². The van der Waals surface area contributed by atoms with Crippen LogP contribution in [-0.2, 0) is 16.0 Å². The second-order valence-corrected chi connectivity index (χ2v) is 6.18. The number of urea groups is 1. The average molecular weight is 436 g/mol. The summed E-state index contributed by atoms with van der Waals surface area (Å²) >= 11 is 1.98. The van der Waals surface area contributed by atoms with Crippen LogP contribution in [0, 0.1) is 3.77 Å². The smallest absolute Gasteiger partial charge is 0.335 e. The summed E-state index contributed by atoms with van der Waals surface area (Å²) in [7, 11) is 0. The lowest BCUT2D eigenvalue weighted by Gasteiger charge is -2.26. The Balaban J connectivity index is 1.97. The van der Waals surface area contributed by atoms with Gasteiger partial charge < -0.3 is 4.42 Å². The molecule has 1 aliphatic heterocycles. The predicted octanol–water partition coefficient (Wildman–Crippen LogP) is 3.11. The number of nitrogens with zero attached hydrogens (tertiary/aromatic N) is 1. The minimum Gasteiger partial charge on any atom is -0.451 e. The van der Waals surface area contributed by atoms with Crippen LogP contribution >= 0.6 is 22.6 Å². The van der Waals surface area contributed by atoms with Gasteiger partial charge in [-0.3, -0.25) is 14.9 Å². The molecule has 0 bridgehead atoms. The molecule has 1 aromatic heterocycles. The zero-order chi connectivity index (χ0) is 17.3. The largest absolute Gasteiger partial charge is 0.451 e. The number of barbiturate groups is 1. The van der Waals surface area contributed by atoms with Crippen molar-refractivity contribution in [3.63, 3.8) is 0 Å². The molecule has 24 heavy (non-hydrogen) atoms. The second-order valence-electron chi connectivity index (χ2n) is 5.12. The van der Waals surface area contributed by atoms with E-state index in [0.717, 1.165) is 16.9 Å². The van der Waals surface area contributed by atoms with Crippen LogP contribution in [0.4, 0.5) is 10.5 Å². The van der Waals surface area contributed by atoms with Crippen molar-refractivity contribution in [2.75, 3.05) is 4.90 Å². The number of aryl methyl sites for hydroxylation is 1. The molecule has 0 saturated carbocycles. The average Bonchev–Trinajstić information content (AvgIpc) is 2.97. The number of benzene rings is 1. The van der Waals surface area contributed by atoms with E-state index in [-0.39, 0.29) is 5.57 Å². The molecule has 0 unspecified atom stereocenters. The first-order chi connectivity index (χ1) is 11.5. The normalized spacial score (nSPS) is 16.7. The molecule has 1 saturated heterocycles. The highest BCUT2D eigenvalue weighted by molar-refractivity contribution is 14.1.